The highest BCUT2D eigenvalue weighted by Gasteiger charge is 2.20. The van der Waals surface area contributed by atoms with Gasteiger partial charge < -0.3 is 5.32 Å². The Kier molecular flexibility index (Phi) is 3.65. The molecule has 1 aromatic carbocycles. The number of aromatic nitrogens is 2. The van der Waals surface area contributed by atoms with E-state index in [-0.39, 0.29) is 0 Å². The summed E-state index contributed by atoms with van der Waals surface area (Å²) < 4.78 is 1.94. The summed E-state index contributed by atoms with van der Waals surface area (Å²) in [5.41, 5.74) is 2.36. The Morgan fingerprint density at radius 1 is 1.32 bits per heavy atom. The third kappa shape index (κ3) is 3.24. The van der Waals surface area contributed by atoms with Gasteiger partial charge in [0.05, 0.1) is 11.9 Å². The van der Waals surface area contributed by atoms with E-state index < -0.39 is 0 Å². The minimum absolute atomic E-state index is 0.371. The highest BCUT2D eigenvalue weighted by Crippen LogP contribution is 2.31. The van der Waals surface area contributed by atoms with Gasteiger partial charge in [0, 0.05) is 17.8 Å². The lowest BCUT2D eigenvalue weighted by Crippen LogP contribution is -2.19. The third-order valence-electron chi connectivity index (χ3n) is 3.82. The van der Waals surface area contributed by atoms with Crippen molar-refractivity contribution < 1.29 is 0 Å². The molecule has 1 aliphatic carbocycles. The number of rotatable bonds is 6. The number of hydrogen-bond acceptors (Lipinski definition) is 2. The summed E-state index contributed by atoms with van der Waals surface area (Å²) in [6.45, 7) is 3.32. The molecule has 3 nitrogen and oxygen atoms in total. The van der Waals surface area contributed by atoms with Crippen molar-refractivity contribution in [3.05, 3.63) is 48.3 Å². The predicted molar refractivity (Wildman–Crippen MR) is 77.3 cm³/mol. The summed E-state index contributed by atoms with van der Waals surface area (Å²) in [4.78, 5) is 0. The van der Waals surface area contributed by atoms with Crippen molar-refractivity contribution in [2.75, 3.05) is 6.54 Å². The maximum absolute atomic E-state index is 4.44. The molecule has 0 radical (unpaired) electrons. The van der Waals surface area contributed by atoms with Crippen LogP contribution < -0.4 is 5.32 Å². The van der Waals surface area contributed by atoms with Gasteiger partial charge in [0.2, 0.25) is 0 Å². The first-order chi connectivity index (χ1) is 9.33. The van der Waals surface area contributed by atoms with Gasteiger partial charge in [-0.3, -0.25) is 0 Å². The SMILES string of the molecule is CC(NCCC1CC1)c1cnn(-c2ccccc2)c1. The number of para-hydroxylation sites is 1. The highest BCUT2D eigenvalue weighted by molar-refractivity contribution is 5.31. The lowest BCUT2D eigenvalue weighted by Gasteiger charge is -2.11. The van der Waals surface area contributed by atoms with Crippen molar-refractivity contribution in [3.8, 4) is 5.69 Å². The first-order valence-corrected chi connectivity index (χ1v) is 7.16. The highest BCUT2D eigenvalue weighted by atomic mass is 15.3. The molecule has 2 aromatic rings. The molecule has 1 saturated carbocycles. The smallest absolute Gasteiger partial charge is 0.0645 e. The van der Waals surface area contributed by atoms with Gasteiger partial charge in [-0.25, -0.2) is 4.68 Å². The number of nitrogens with zero attached hydrogens (tertiary/aromatic N) is 2. The van der Waals surface area contributed by atoms with Crippen LogP contribution >= 0.6 is 0 Å². The molecule has 1 unspecified atom stereocenters. The predicted octanol–water partition coefficient (Wildman–Crippen LogP) is 3.32. The fourth-order valence-electron chi connectivity index (χ4n) is 2.31. The maximum Gasteiger partial charge on any atom is 0.0645 e. The van der Waals surface area contributed by atoms with Crippen molar-refractivity contribution in [1.82, 2.24) is 15.1 Å². The zero-order valence-electron chi connectivity index (χ0n) is 11.4. The molecule has 100 valence electrons. The fourth-order valence-corrected chi connectivity index (χ4v) is 2.31. The van der Waals surface area contributed by atoms with E-state index in [0.29, 0.717) is 6.04 Å². The fraction of sp³-hybridized carbons (Fsp3) is 0.438. The number of hydrogen-bond donors (Lipinski definition) is 1. The summed E-state index contributed by atoms with van der Waals surface area (Å²) in [7, 11) is 0. The van der Waals surface area contributed by atoms with E-state index in [9.17, 15) is 0 Å². The topological polar surface area (TPSA) is 29.9 Å². The Bertz CT molecular complexity index is 514. The molecular formula is C16H21N3. The number of nitrogens with one attached hydrogen (secondary N) is 1. The summed E-state index contributed by atoms with van der Waals surface area (Å²) in [5.74, 6) is 0.992. The lowest BCUT2D eigenvalue weighted by atomic mass is 10.2. The van der Waals surface area contributed by atoms with E-state index in [0.717, 1.165) is 18.2 Å². The van der Waals surface area contributed by atoms with Gasteiger partial charge in [-0.05, 0) is 37.9 Å². The Morgan fingerprint density at radius 2 is 2.11 bits per heavy atom. The molecule has 0 bridgehead atoms. The van der Waals surface area contributed by atoms with Gasteiger partial charge in [0.1, 0.15) is 0 Å². The van der Waals surface area contributed by atoms with E-state index in [2.05, 4.69) is 35.7 Å². The standard InChI is InChI=1S/C16H21N3/c1-13(17-10-9-14-7-8-14)15-11-18-19(12-15)16-5-3-2-4-6-16/h2-6,11-14,17H,7-10H2,1H3. The molecule has 3 rings (SSSR count). The Morgan fingerprint density at radius 3 is 2.84 bits per heavy atom. The van der Waals surface area contributed by atoms with Crippen LogP contribution in [0.4, 0.5) is 0 Å². The van der Waals surface area contributed by atoms with E-state index in [1.807, 2.05) is 29.1 Å². The molecule has 1 heterocycles. The van der Waals surface area contributed by atoms with Crippen LogP contribution in [0.25, 0.3) is 5.69 Å². The van der Waals surface area contributed by atoms with Gasteiger partial charge in [0.15, 0.2) is 0 Å². The Balaban J connectivity index is 1.60. The quantitative estimate of drug-likeness (QED) is 0.858. The zero-order chi connectivity index (χ0) is 13.1. The first-order valence-electron chi connectivity index (χ1n) is 7.16. The second kappa shape index (κ2) is 5.57. The average molecular weight is 255 g/mol. The molecule has 1 aliphatic rings. The molecule has 19 heavy (non-hydrogen) atoms. The van der Waals surface area contributed by atoms with Crippen LogP contribution in [0.3, 0.4) is 0 Å². The Labute approximate surface area is 114 Å². The van der Waals surface area contributed by atoms with Gasteiger partial charge in [-0.2, -0.15) is 5.10 Å². The van der Waals surface area contributed by atoms with Gasteiger partial charge >= 0.3 is 0 Å². The molecule has 0 aliphatic heterocycles. The largest absolute Gasteiger partial charge is 0.310 e. The molecule has 1 N–H and O–H groups in total. The van der Waals surface area contributed by atoms with Crippen LogP contribution in [-0.2, 0) is 0 Å². The van der Waals surface area contributed by atoms with Crippen molar-refractivity contribution in [2.45, 2.75) is 32.2 Å². The molecular weight excluding hydrogens is 234 g/mol. The normalized spacial score (nSPS) is 16.5. The average Bonchev–Trinajstić information content (AvgIpc) is 3.13. The first kappa shape index (κ1) is 12.4. The van der Waals surface area contributed by atoms with Crippen molar-refractivity contribution in [1.29, 1.82) is 0 Å². The molecule has 0 amide bonds. The summed E-state index contributed by atoms with van der Waals surface area (Å²) in [5, 5.41) is 8.02. The molecule has 3 heteroatoms. The monoisotopic (exact) mass is 255 g/mol. The zero-order valence-corrected chi connectivity index (χ0v) is 11.4. The van der Waals surface area contributed by atoms with E-state index in [1.54, 1.807) is 0 Å². The van der Waals surface area contributed by atoms with Gasteiger partial charge in [0.25, 0.3) is 0 Å². The van der Waals surface area contributed by atoms with Gasteiger partial charge in [-0.15, -0.1) is 0 Å². The van der Waals surface area contributed by atoms with Crippen LogP contribution in [0.1, 0.15) is 37.8 Å². The Hall–Kier alpha value is -1.61. The van der Waals surface area contributed by atoms with Crippen LogP contribution in [0.15, 0.2) is 42.7 Å². The van der Waals surface area contributed by atoms with Crippen LogP contribution in [0.5, 0.6) is 0 Å². The summed E-state index contributed by atoms with van der Waals surface area (Å²) >= 11 is 0. The molecule has 1 fully saturated rings. The maximum atomic E-state index is 4.44. The van der Waals surface area contributed by atoms with Crippen LogP contribution in [0.2, 0.25) is 0 Å². The van der Waals surface area contributed by atoms with Gasteiger partial charge in [-0.1, -0.05) is 31.0 Å². The molecule has 1 aromatic heterocycles. The molecule has 1 atom stereocenters. The van der Waals surface area contributed by atoms with Crippen molar-refractivity contribution in [3.63, 3.8) is 0 Å². The number of benzene rings is 1. The van der Waals surface area contributed by atoms with E-state index in [4.69, 9.17) is 0 Å². The molecule has 0 spiro atoms. The second-order valence-electron chi connectivity index (χ2n) is 5.46. The summed E-state index contributed by atoms with van der Waals surface area (Å²) in [6, 6.07) is 10.6. The van der Waals surface area contributed by atoms with Crippen molar-refractivity contribution in [2.24, 2.45) is 5.92 Å². The van der Waals surface area contributed by atoms with Crippen molar-refractivity contribution >= 4 is 0 Å². The van der Waals surface area contributed by atoms with Crippen LogP contribution in [0, 0.1) is 5.92 Å². The van der Waals surface area contributed by atoms with E-state index >= 15 is 0 Å². The molecule has 0 saturated heterocycles. The van der Waals surface area contributed by atoms with Crippen LogP contribution in [-0.4, -0.2) is 16.3 Å². The third-order valence-corrected chi connectivity index (χ3v) is 3.82. The second-order valence-corrected chi connectivity index (χ2v) is 5.46. The summed E-state index contributed by atoms with van der Waals surface area (Å²) in [6.07, 6.45) is 8.26. The lowest BCUT2D eigenvalue weighted by molar-refractivity contribution is 0.539. The minimum atomic E-state index is 0.371. The van der Waals surface area contributed by atoms with E-state index in [1.165, 1.54) is 24.8 Å². The minimum Gasteiger partial charge on any atom is -0.310 e.